The van der Waals surface area contributed by atoms with Crippen LogP contribution < -0.4 is 10.1 Å². The van der Waals surface area contributed by atoms with Crippen LogP contribution in [0.5, 0.6) is 5.75 Å². The zero-order valence-electron chi connectivity index (χ0n) is 27.5. The number of aryl methyl sites for hydroxylation is 1. The van der Waals surface area contributed by atoms with Crippen LogP contribution in [0.4, 0.5) is 0 Å². The van der Waals surface area contributed by atoms with Crippen molar-refractivity contribution in [3.8, 4) is 5.75 Å². The maximum atomic E-state index is 13.4. The number of hydrogen-bond acceptors (Lipinski definition) is 9. The number of methoxy groups -OCH3 is 1. The number of nitrogens with zero attached hydrogens (tertiary/aromatic N) is 5. The monoisotopic (exact) mass is 644 g/mol. The average molecular weight is 645 g/mol. The third-order valence-electron chi connectivity index (χ3n) is 9.38. The molecule has 4 rings (SSSR count). The van der Waals surface area contributed by atoms with E-state index in [-0.39, 0.29) is 42.0 Å². The van der Waals surface area contributed by atoms with E-state index in [1.165, 1.54) is 11.4 Å². The molecular weight excluding hydrogens is 596 g/mol. The molecule has 0 spiro atoms. The van der Waals surface area contributed by atoms with Crippen LogP contribution >= 0.6 is 0 Å². The highest BCUT2D eigenvalue weighted by Gasteiger charge is 2.42. The number of nitrogens with one attached hydrogen (secondary N) is 1. The van der Waals surface area contributed by atoms with E-state index in [1.807, 2.05) is 11.8 Å². The van der Waals surface area contributed by atoms with Gasteiger partial charge >= 0.3 is 0 Å². The van der Waals surface area contributed by atoms with Crippen molar-refractivity contribution in [2.45, 2.75) is 44.0 Å². The van der Waals surface area contributed by atoms with Crippen LogP contribution in [0.2, 0.25) is 0 Å². The number of likely N-dealkylation sites (N-methyl/N-ethyl adjacent to an activating group) is 2. The van der Waals surface area contributed by atoms with E-state index in [9.17, 15) is 18.0 Å². The predicted molar refractivity (Wildman–Crippen MR) is 172 cm³/mol. The van der Waals surface area contributed by atoms with Crippen LogP contribution in [0, 0.1) is 20.8 Å². The van der Waals surface area contributed by atoms with Crippen molar-refractivity contribution in [2.75, 3.05) is 86.8 Å². The molecule has 1 aromatic heterocycles. The first-order valence-corrected chi connectivity index (χ1v) is 16.9. The second-order valence-electron chi connectivity index (χ2n) is 12.2. The normalized spacial score (nSPS) is 17.8. The smallest absolute Gasteiger partial charge is 0.251 e. The van der Waals surface area contributed by atoms with E-state index in [0.717, 1.165) is 44.6 Å². The molecule has 2 fully saturated rings. The molecule has 0 atom stereocenters. The highest BCUT2D eigenvalue weighted by Crippen LogP contribution is 2.32. The van der Waals surface area contributed by atoms with Crippen molar-refractivity contribution in [3.05, 3.63) is 52.8 Å². The molecule has 3 heterocycles. The Morgan fingerprint density at radius 2 is 1.67 bits per heavy atom. The number of carbonyl (C=O) groups excluding carboxylic acids is 2. The third-order valence-corrected chi connectivity index (χ3v) is 11.5. The second-order valence-corrected chi connectivity index (χ2v) is 14.1. The summed E-state index contributed by atoms with van der Waals surface area (Å²) in [6, 6.07) is 5.15. The molecule has 1 aromatic carbocycles. The Morgan fingerprint density at radius 1 is 1.02 bits per heavy atom. The van der Waals surface area contributed by atoms with Crippen LogP contribution in [-0.2, 0) is 19.6 Å². The zero-order valence-corrected chi connectivity index (χ0v) is 28.3. The van der Waals surface area contributed by atoms with Crippen LogP contribution in [0.15, 0.2) is 35.5 Å². The van der Waals surface area contributed by atoms with E-state index in [1.54, 1.807) is 51.6 Å². The molecule has 13 heteroatoms. The molecule has 12 nitrogen and oxygen atoms in total. The molecule has 2 aromatic rings. The minimum atomic E-state index is -3.76. The number of amides is 2. The maximum Gasteiger partial charge on any atom is 0.251 e. The van der Waals surface area contributed by atoms with Crippen molar-refractivity contribution in [1.29, 1.82) is 0 Å². The van der Waals surface area contributed by atoms with Gasteiger partial charge in [0.15, 0.2) is 0 Å². The number of hydrogen-bond donors (Lipinski definition) is 1. The third kappa shape index (κ3) is 8.01. The Hall–Kier alpha value is -3.10. The summed E-state index contributed by atoms with van der Waals surface area (Å²) in [5, 5.41) is 3.14. The van der Waals surface area contributed by atoms with Gasteiger partial charge in [0.1, 0.15) is 12.4 Å². The molecule has 2 saturated heterocycles. The number of ether oxygens (including phenoxy) is 2. The van der Waals surface area contributed by atoms with Crippen molar-refractivity contribution < 1.29 is 27.5 Å². The maximum absolute atomic E-state index is 13.4. The fourth-order valence-corrected chi connectivity index (χ4v) is 7.89. The minimum Gasteiger partial charge on any atom is -0.496 e. The molecule has 0 unspecified atom stereocenters. The topological polar surface area (TPSA) is 125 Å². The summed E-state index contributed by atoms with van der Waals surface area (Å²) in [5.74, 6) is 0.407. The summed E-state index contributed by atoms with van der Waals surface area (Å²) in [6.07, 6.45) is 4.69. The van der Waals surface area contributed by atoms with E-state index >= 15 is 0 Å². The number of piperazine rings is 1. The molecule has 2 aliphatic rings. The van der Waals surface area contributed by atoms with Gasteiger partial charge in [0.2, 0.25) is 15.9 Å². The van der Waals surface area contributed by atoms with E-state index in [0.29, 0.717) is 42.1 Å². The molecule has 248 valence electrons. The molecule has 1 N–H and O–H groups in total. The lowest BCUT2D eigenvalue weighted by atomic mass is 9.84. The Bertz CT molecular complexity index is 1440. The van der Waals surface area contributed by atoms with Crippen molar-refractivity contribution in [1.82, 2.24) is 29.3 Å². The molecular formula is C32H48N6O6S. The fraction of sp³-hybridized carbons (Fsp3) is 0.594. The number of sulfonamides is 1. The zero-order chi connectivity index (χ0) is 32.8. The highest BCUT2D eigenvalue weighted by molar-refractivity contribution is 7.89. The molecule has 0 radical (unpaired) electrons. The van der Waals surface area contributed by atoms with Crippen LogP contribution in [0.25, 0.3) is 0 Å². The van der Waals surface area contributed by atoms with Gasteiger partial charge in [0.25, 0.3) is 5.91 Å². The SMILES string of the molecule is COc1cc(C)c(S(=O)(=O)N(C)CCOCC(=O)N2CCC(CNC(=O)c3ccncc3)(N3CCN(C)CC3)CC2)c(C)c1C. The van der Waals surface area contributed by atoms with Gasteiger partial charge < -0.3 is 24.6 Å². The first-order chi connectivity index (χ1) is 21.4. The quantitative estimate of drug-likeness (QED) is 0.344. The largest absolute Gasteiger partial charge is 0.496 e. The predicted octanol–water partition coefficient (Wildman–Crippen LogP) is 1.69. The van der Waals surface area contributed by atoms with Gasteiger partial charge in [0, 0.05) is 82.9 Å². The Labute approximate surface area is 267 Å². The number of carbonyl (C=O) groups is 2. The van der Waals surface area contributed by atoms with Gasteiger partial charge in [-0.25, -0.2) is 8.42 Å². The Kier molecular flexibility index (Phi) is 11.6. The van der Waals surface area contributed by atoms with Crippen LogP contribution in [0.1, 0.15) is 39.9 Å². The minimum absolute atomic E-state index is 0.0921. The fourth-order valence-electron chi connectivity index (χ4n) is 6.26. The average Bonchev–Trinajstić information content (AvgIpc) is 3.04. The number of pyridine rings is 1. The Balaban J connectivity index is 1.30. The number of likely N-dealkylation sites (tertiary alicyclic amines) is 1. The van der Waals surface area contributed by atoms with Gasteiger partial charge in [-0.15, -0.1) is 0 Å². The summed E-state index contributed by atoms with van der Waals surface area (Å²) in [7, 11) is 1.44. The van der Waals surface area contributed by atoms with E-state index in [2.05, 4.69) is 27.1 Å². The number of benzene rings is 1. The highest BCUT2D eigenvalue weighted by atomic mass is 32.2. The molecule has 45 heavy (non-hydrogen) atoms. The van der Waals surface area contributed by atoms with Gasteiger partial charge in [-0.1, -0.05) is 0 Å². The molecule has 2 aliphatic heterocycles. The lowest BCUT2D eigenvalue weighted by molar-refractivity contribution is -0.139. The Morgan fingerprint density at radius 3 is 2.29 bits per heavy atom. The van der Waals surface area contributed by atoms with Crippen LogP contribution in [0.3, 0.4) is 0 Å². The summed E-state index contributed by atoms with van der Waals surface area (Å²) < 4.78 is 39.1. The summed E-state index contributed by atoms with van der Waals surface area (Å²) in [4.78, 5) is 36.8. The second kappa shape index (κ2) is 15.0. The van der Waals surface area contributed by atoms with Crippen molar-refractivity contribution in [2.24, 2.45) is 0 Å². The lowest BCUT2D eigenvalue weighted by Crippen LogP contribution is -2.64. The van der Waals surface area contributed by atoms with Crippen molar-refractivity contribution >= 4 is 21.8 Å². The summed E-state index contributed by atoms with van der Waals surface area (Å²) >= 11 is 0. The molecule has 0 saturated carbocycles. The summed E-state index contributed by atoms with van der Waals surface area (Å²) in [5.41, 5.74) is 2.39. The molecule has 0 aliphatic carbocycles. The number of aromatic nitrogens is 1. The van der Waals surface area contributed by atoms with Crippen molar-refractivity contribution in [3.63, 3.8) is 0 Å². The standard InChI is InChI=1S/C32H48N6O6S/c1-24-21-28(43-6)25(2)26(3)30(24)45(41,42)36(5)19-20-44-22-29(39)37-13-9-32(10-14-37,38-17-15-35(4)16-18-38)23-34-31(40)27-7-11-33-12-8-27/h7-8,11-12,21H,9-10,13-20,22-23H2,1-6H3,(H,34,40). The molecule has 0 bridgehead atoms. The first kappa shape index (κ1) is 34.8. The first-order valence-electron chi connectivity index (χ1n) is 15.5. The van der Waals surface area contributed by atoms with Gasteiger partial charge in [-0.05, 0) is 75.5 Å². The lowest BCUT2D eigenvalue weighted by Gasteiger charge is -2.51. The summed E-state index contributed by atoms with van der Waals surface area (Å²) in [6.45, 7) is 10.8. The number of piperidine rings is 1. The van der Waals surface area contributed by atoms with Crippen LogP contribution in [-0.4, -0.2) is 137 Å². The van der Waals surface area contributed by atoms with Gasteiger partial charge in [-0.2, -0.15) is 4.31 Å². The van der Waals surface area contributed by atoms with Gasteiger partial charge in [0.05, 0.1) is 18.6 Å². The van der Waals surface area contributed by atoms with Gasteiger partial charge in [-0.3, -0.25) is 19.5 Å². The van der Waals surface area contributed by atoms with E-state index < -0.39 is 10.0 Å². The number of rotatable bonds is 12. The van der Waals surface area contributed by atoms with E-state index in [4.69, 9.17) is 9.47 Å². The molecule has 2 amide bonds.